The van der Waals surface area contributed by atoms with Crippen molar-refractivity contribution in [2.75, 3.05) is 52.9 Å². The Hall–Kier alpha value is -1.30. The molecule has 0 bridgehead atoms. The van der Waals surface area contributed by atoms with Gasteiger partial charge in [0, 0.05) is 32.7 Å². The first-order chi connectivity index (χ1) is 11.7. The summed E-state index contributed by atoms with van der Waals surface area (Å²) in [6.45, 7) is 9.09. The van der Waals surface area contributed by atoms with E-state index in [4.69, 9.17) is 0 Å². The van der Waals surface area contributed by atoms with Gasteiger partial charge in [0.1, 0.15) is 0 Å². The standard InChI is InChI=1S/C18H33N5O/c1-3-21-10-7-15(8-11-21)6-9-20-18(19-2)22-12-13-23(16-4-5-16)17(24)14-22/h15-16H,3-14H2,1-2H3,(H,19,20). The highest BCUT2D eigenvalue weighted by molar-refractivity contribution is 5.87. The molecule has 1 saturated carbocycles. The van der Waals surface area contributed by atoms with Gasteiger partial charge in [-0.2, -0.15) is 0 Å². The maximum Gasteiger partial charge on any atom is 0.242 e. The summed E-state index contributed by atoms with van der Waals surface area (Å²) in [5, 5.41) is 3.48. The normalized spacial score (nSPS) is 24.6. The molecule has 0 spiro atoms. The summed E-state index contributed by atoms with van der Waals surface area (Å²) in [6.07, 6.45) is 6.21. The van der Waals surface area contributed by atoms with Crippen molar-refractivity contribution >= 4 is 11.9 Å². The molecule has 24 heavy (non-hydrogen) atoms. The van der Waals surface area contributed by atoms with Gasteiger partial charge in [0.15, 0.2) is 5.96 Å². The van der Waals surface area contributed by atoms with Crippen molar-refractivity contribution in [3.8, 4) is 0 Å². The molecule has 3 fully saturated rings. The highest BCUT2D eigenvalue weighted by atomic mass is 16.2. The van der Waals surface area contributed by atoms with Gasteiger partial charge in [0.2, 0.25) is 5.91 Å². The Bertz CT molecular complexity index is 454. The Kier molecular flexibility index (Phi) is 5.98. The Morgan fingerprint density at radius 3 is 2.50 bits per heavy atom. The zero-order chi connectivity index (χ0) is 16.9. The van der Waals surface area contributed by atoms with Crippen LogP contribution in [0.3, 0.4) is 0 Å². The molecule has 1 amide bonds. The average molecular weight is 335 g/mol. The van der Waals surface area contributed by atoms with E-state index in [1.54, 1.807) is 0 Å². The average Bonchev–Trinajstić information content (AvgIpc) is 3.44. The van der Waals surface area contributed by atoms with Crippen molar-refractivity contribution in [3.63, 3.8) is 0 Å². The summed E-state index contributed by atoms with van der Waals surface area (Å²) in [6, 6.07) is 0.531. The van der Waals surface area contributed by atoms with Gasteiger partial charge in [-0.25, -0.2) is 0 Å². The van der Waals surface area contributed by atoms with Crippen LogP contribution in [0.15, 0.2) is 4.99 Å². The molecule has 2 heterocycles. The quantitative estimate of drug-likeness (QED) is 0.601. The third-order valence-corrected chi connectivity index (χ3v) is 5.75. The molecule has 0 aromatic rings. The van der Waals surface area contributed by atoms with Crippen LogP contribution in [0.1, 0.15) is 39.0 Å². The Balaban J connectivity index is 1.38. The van der Waals surface area contributed by atoms with Gasteiger partial charge < -0.3 is 20.0 Å². The summed E-state index contributed by atoms with van der Waals surface area (Å²) in [5.74, 6) is 1.98. The Morgan fingerprint density at radius 2 is 1.92 bits per heavy atom. The lowest BCUT2D eigenvalue weighted by Crippen LogP contribution is -2.55. The van der Waals surface area contributed by atoms with Crippen LogP contribution >= 0.6 is 0 Å². The van der Waals surface area contributed by atoms with Crippen molar-refractivity contribution in [2.24, 2.45) is 10.9 Å². The van der Waals surface area contributed by atoms with Crippen LogP contribution in [-0.4, -0.2) is 85.5 Å². The largest absolute Gasteiger partial charge is 0.356 e. The van der Waals surface area contributed by atoms with E-state index in [-0.39, 0.29) is 5.91 Å². The number of nitrogens with one attached hydrogen (secondary N) is 1. The smallest absolute Gasteiger partial charge is 0.242 e. The van der Waals surface area contributed by atoms with Gasteiger partial charge in [-0.1, -0.05) is 6.92 Å². The predicted molar refractivity (Wildman–Crippen MR) is 97.1 cm³/mol. The molecule has 1 N–H and O–H groups in total. The molecule has 0 aromatic heterocycles. The zero-order valence-electron chi connectivity index (χ0n) is 15.3. The number of hydrogen-bond acceptors (Lipinski definition) is 3. The van der Waals surface area contributed by atoms with Crippen LogP contribution in [0.4, 0.5) is 0 Å². The first-order valence-electron chi connectivity index (χ1n) is 9.68. The Morgan fingerprint density at radius 1 is 1.17 bits per heavy atom. The minimum atomic E-state index is 0.263. The van der Waals surface area contributed by atoms with Crippen LogP contribution in [0.5, 0.6) is 0 Å². The van der Waals surface area contributed by atoms with Crippen LogP contribution in [0, 0.1) is 5.92 Å². The van der Waals surface area contributed by atoms with Gasteiger partial charge in [-0.15, -0.1) is 0 Å². The molecule has 6 nitrogen and oxygen atoms in total. The summed E-state index contributed by atoms with van der Waals surface area (Å²) in [7, 11) is 1.82. The molecule has 3 aliphatic rings. The molecule has 6 heteroatoms. The fourth-order valence-corrected chi connectivity index (χ4v) is 3.95. The number of rotatable bonds is 5. The molecule has 1 aliphatic carbocycles. The Labute approximate surface area is 146 Å². The maximum absolute atomic E-state index is 12.3. The molecule has 0 radical (unpaired) electrons. The van der Waals surface area contributed by atoms with Crippen molar-refractivity contribution in [2.45, 2.75) is 45.1 Å². The molecule has 0 atom stereocenters. The SMILES string of the molecule is CCN1CCC(CCNC(=NC)N2CCN(C3CC3)C(=O)C2)CC1. The van der Waals surface area contributed by atoms with Gasteiger partial charge in [0.25, 0.3) is 0 Å². The lowest BCUT2D eigenvalue weighted by atomic mass is 9.93. The maximum atomic E-state index is 12.3. The summed E-state index contributed by atoms with van der Waals surface area (Å²) in [5.41, 5.74) is 0. The second kappa shape index (κ2) is 8.19. The number of guanidine groups is 1. The highest BCUT2D eigenvalue weighted by Crippen LogP contribution is 2.28. The monoisotopic (exact) mass is 335 g/mol. The van der Waals surface area contributed by atoms with Crippen molar-refractivity contribution in [3.05, 3.63) is 0 Å². The number of piperazine rings is 1. The van der Waals surface area contributed by atoms with E-state index < -0.39 is 0 Å². The lowest BCUT2D eigenvalue weighted by Gasteiger charge is -2.36. The van der Waals surface area contributed by atoms with Crippen LogP contribution in [-0.2, 0) is 4.79 Å². The molecule has 0 unspecified atom stereocenters. The number of piperidine rings is 1. The number of likely N-dealkylation sites (tertiary alicyclic amines) is 1. The number of carbonyl (C=O) groups excluding carboxylic acids is 1. The third-order valence-electron chi connectivity index (χ3n) is 5.75. The molecular weight excluding hydrogens is 302 g/mol. The van der Waals surface area contributed by atoms with Crippen LogP contribution in [0.2, 0.25) is 0 Å². The fraction of sp³-hybridized carbons (Fsp3) is 0.889. The number of aliphatic imine (C=N–C) groups is 1. The van der Waals surface area contributed by atoms with E-state index in [1.165, 1.54) is 51.7 Å². The summed E-state index contributed by atoms with van der Waals surface area (Å²) >= 11 is 0. The molecular formula is C18H33N5O. The zero-order valence-corrected chi connectivity index (χ0v) is 15.3. The number of nitrogens with zero attached hydrogens (tertiary/aromatic N) is 4. The molecule has 3 rings (SSSR count). The van der Waals surface area contributed by atoms with E-state index in [9.17, 15) is 4.79 Å². The molecule has 2 saturated heterocycles. The number of amides is 1. The molecule has 2 aliphatic heterocycles. The first kappa shape index (κ1) is 17.5. The number of carbonyl (C=O) groups is 1. The van der Waals surface area contributed by atoms with Crippen molar-refractivity contribution < 1.29 is 4.79 Å². The second-order valence-corrected chi connectivity index (χ2v) is 7.38. The van der Waals surface area contributed by atoms with E-state index in [2.05, 4.69) is 31.9 Å². The minimum absolute atomic E-state index is 0.263. The number of hydrogen-bond donors (Lipinski definition) is 1. The van der Waals surface area contributed by atoms with E-state index in [1.807, 2.05) is 7.05 Å². The van der Waals surface area contributed by atoms with E-state index in [0.29, 0.717) is 12.6 Å². The van der Waals surface area contributed by atoms with Gasteiger partial charge >= 0.3 is 0 Å². The van der Waals surface area contributed by atoms with E-state index in [0.717, 1.165) is 31.5 Å². The first-order valence-corrected chi connectivity index (χ1v) is 9.68. The molecule has 0 aromatic carbocycles. The fourth-order valence-electron chi connectivity index (χ4n) is 3.95. The summed E-state index contributed by atoms with van der Waals surface area (Å²) < 4.78 is 0. The van der Waals surface area contributed by atoms with Crippen molar-refractivity contribution in [1.82, 2.24) is 20.0 Å². The second-order valence-electron chi connectivity index (χ2n) is 7.38. The summed E-state index contributed by atoms with van der Waals surface area (Å²) in [4.78, 5) is 23.4. The highest BCUT2D eigenvalue weighted by Gasteiger charge is 2.36. The van der Waals surface area contributed by atoms with Gasteiger partial charge in [0.05, 0.1) is 6.54 Å². The molecule has 136 valence electrons. The van der Waals surface area contributed by atoms with E-state index >= 15 is 0 Å². The predicted octanol–water partition coefficient (Wildman–Crippen LogP) is 0.990. The van der Waals surface area contributed by atoms with Gasteiger partial charge in [-0.3, -0.25) is 9.79 Å². The van der Waals surface area contributed by atoms with Gasteiger partial charge in [-0.05, 0) is 57.7 Å². The lowest BCUT2D eigenvalue weighted by molar-refractivity contribution is -0.135. The van der Waals surface area contributed by atoms with Crippen molar-refractivity contribution in [1.29, 1.82) is 0 Å². The van der Waals surface area contributed by atoms with Crippen LogP contribution < -0.4 is 5.32 Å². The third kappa shape index (κ3) is 4.41. The topological polar surface area (TPSA) is 51.2 Å². The van der Waals surface area contributed by atoms with Crippen LogP contribution in [0.25, 0.3) is 0 Å². The minimum Gasteiger partial charge on any atom is -0.356 e.